The Morgan fingerprint density at radius 1 is 1.42 bits per heavy atom. The Labute approximate surface area is 154 Å². The third-order valence-corrected chi connectivity index (χ3v) is 4.25. The van der Waals surface area contributed by atoms with Crippen LogP contribution in [0.1, 0.15) is 20.3 Å². The number of hydrogen-bond acceptors (Lipinski definition) is 6. The third kappa shape index (κ3) is 5.07. The summed E-state index contributed by atoms with van der Waals surface area (Å²) in [6.07, 6.45) is 4.21. The Hall–Kier alpha value is -1.35. The summed E-state index contributed by atoms with van der Waals surface area (Å²) >= 11 is 4.76. The molecule has 2 aromatic rings. The zero-order valence-electron chi connectivity index (χ0n) is 14.2. The van der Waals surface area contributed by atoms with E-state index in [1.54, 1.807) is 6.20 Å². The Morgan fingerprint density at radius 3 is 2.88 bits per heavy atom. The minimum absolute atomic E-state index is 0.0297. The summed E-state index contributed by atoms with van der Waals surface area (Å²) in [4.78, 5) is 20.6. The number of amides is 1. The van der Waals surface area contributed by atoms with Gasteiger partial charge in [0.05, 0.1) is 18.1 Å². The molecule has 0 aliphatic rings. The quantitative estimate of drug-likeness (QED) is 0.372. The van der Waals surface area contributed by atoms with E-state index in [1.165, 1.54) is 11.8 Å². The molecule has 24 heavy (non-hydrogen) atoms. The van der Waals surface area contributed by atoms with Gasteiger partial charge in [0, 0.05) is 24.8 Å². The summed E-state index contributed by atoms with van der Waals surface area (Å²) in [6.45, 7) is 6.25. The lowest BCUT2D eigenvalue weighted by atomic mass is 10.2. The van der Waals surface area contributed by atoms with E-state index in [1.807, 2.05) is 10.9 Å². The fraction of sp³-hybridized carbons (Fsp3) is 0.600. The number of thioether (sulfide) groups is 1. The van der Waals surface area contributed by atoms with Gasteiger partial charge in [0.1, 0.15) is 5.82 Å². The van der Waals surface area contributed by atoms with Crippen LogP contribution in [0.2, 0.25) is 0 Å². The van der Waals surface area contributed by atoms with Crippen molar-refractivity contribution >= 4 is 50.5 Å². The summed E-state index contributed by atoms with van der Waals surface area (Å²) in [5.41, 5.74) is 0.787. The van der Waals surface area contributed by atoms with Gasteiger partial charge in [0.25, 0.3) is 0 Å². The second kappa shape index (κ2) is 9.22. The number of fused-ring (bicyclic) bond motifs is 1. The molecule has 0 aromatic carbocycles. The number of carbonyl (C=O) groups is 1. The largest absolute Gasteiger partial charge is 0.369 e. The van der Waals surface area contributed by atoms with E-state index in [0.717, 1.165) is 23.4 Å². The molecule has 0 aliphatic carbocycles. The molecule has 2 aromatic heterocycles. The van der Waals surface area contributed by atoms with E-state index in [-0.39, 0.29) is 5.91 Å². The molecule has 0 unspecified atom stereocenters. The fourth-order valence-electron chi connectivity index (χ4n) is 2.10. The Morgan fingerprint density at radius 2 is 2.21 bits per heavy atom. The normalized spacial score (nSPS) is 11.2. The van der Waals surface area contributed by atoms with Crippen molar-refractivity contribution in [1.82, 2.24) is 25.1 Å². The van der Waals surface area contributed by atoms with Crippen molar-refractivity contribution in [3.8, 4) is 0 Å². The number of rotatable bonds is 9. The predicted molar refractivity (Wildman–Crippen MR) is 102 cm³/mol. The summed E-state index contributed by atoms with van der Waals surface area (Å²) < 4.78 is 1.81. The number of alkyl halides is 1. The maximum absolute atomic E-state index is 11.5. The number of halogens is 1. The second-order valence-corrected chi connectivity index (χ2v) is 7.29. The summed E-state index contributed by atoms with van der Waals surface area (Å²) in [6, 6.07) is 0. The van der Waals surface area contributed by atoms with Crippen LogP contribution in [0.5, 0.6) is 0 Å². The van der Waals surface area contributed by atoms with Gasteiger partial charge in [-0.1, -0.05) is 41.5 Å². The molecule has 0 aliphatic heterocycles. The number of anilines is 1. The third-order valence-electron chi connectivity index (χ3n) is 3.30. The molecule has 1 amide bonds. The second-order valence-electron chi connectivity index (χ2n) is 5.73. The van der Waals surface area contributed by atoms with Gasteiger partial charge < -0.3 is 10.6 Å². The molecular weight excluding hydrogens is 392 g/mol. The summed E-state index contributed by atoms with van der Waals surface area (Å²) in [5.74, 6) is 1.36. The minimum Gasteiger partial charge on any atom is -0.369 e. The molecule has 0 radical (unpaired) electrons. The molecule has 0 fully saturated rings. The van der Waals surface area contributed by atoms with E-state index < -0.39 is 0 Å². The van der Waals surface area contributed by atoms with Crippen LogP contribution in [0.15, 0.2) is 11.4 Å². The number of carbonyl (C=O) groups excluding carboxylic acids is 1. The Kier molecular flexibility index (Phi) is 7.29. The van der Waals surface area contributed by atoms with Gasteiger partial charge in [-0.2, -0.15) is 5.10 Å². The summed E-state index contributed by atoms with van der Waals surface area (Å²) in [7, 11) is 0. The van der Waals surface area contributed by atoms with Gasteiger partial charge in [-0.15, -0.1) is 0 Å². The van der Waals surface area contributed by atoms with Crippen LogP contribution in [0.3, 0.4) is 0 Å². The van der Waals surface area contributed by atoms with Crippen LogP contribution in [0, 0.1) is 5.92 Å². The molecule has 0 bridgehead atoms. The topological polar surface area (TPSA) is 84.7 Å². The number of aromatic nitrogens is 4. The first-order chi connectivity index (χ1) is 11.5. The van der Waals surface area contributed by atoms with Crippen LogP contribution in [-0.4, -0.2) is 50.3 Å². The maximum Gasteiger partial charge on any atom is 0.220 e. The first-order valence-electron chi connectivity index (χ1n) is 7.89. The van der Waals surface area contributed by atoms with Crippen molar-refractivity contribution < 1.29 is 4.79 Å². The lowest BCUT2D eigenvalue weighted by Crippen LogP contribution is -2.27. The first kappa shape index (κ1) is 19.0. The van der Waals surface area contributed by atoms with Crippen LogP contribution >= 0.6 is 27.7 Å². The van der Waals surface area contributed by atoms with E-state index in [0.29, 0.717) is 35.9 Å². The molecule has 9 heteroatoms. The molecule has 0 saturated heterocycles. The van der Waals surface area contributed by atoms with Crippen molar-refractivity contribution in [2.75, 3.05) is 30.0 Å². The molecule has 2 rings (SSSR count). The fourth-order valence-corrected chi connectivity index (χ4v) is 2.82. The van der Waals surface area contributed by atoms with Gasteiger partial charge in [-0.25, -0.2) is 14.6 Å². The average molecular weight is 415 g/mol. The van der Waals surface area contributed by atoms with E-state index in [4.69, 9.17) is 0 Å². The Bertz CT molecular complexity index is 690. The van der Waals surface area contributed by atoms with Crippen LogP contribution < -0.4 is 10.6 Å². The molecule has 2 N–H and O–H groups in total. The van der Waals surface area contributed by atoms with Crippen LogP contribution in [0.4, 0.5) is 5.82 Å². The smallest absolute Gasteiger partial charge is 0.220 e. The highest BCUT2D eigenvalue weighted by atomic mass is 79.9. The lowest BCUT2D eigenvalue weighted by Gasteiger charge is -2.10. The van der Waals surface area contributed by atoms with Gasteiger partial charge in [-0.3, -0.25) is 4.79 Å². The number of nitrogens with one attached hydrogen (secondary N) is 2. The lowest BCUT2D eigenvalue weighted by molar-refractivity contribution is -0.120. The molecule has 2 heterocycles. The van der Waals surface area contributed by atoms with Crippen molar-refractivity contribution in [2.24, 2.45) is 5.92 Å². The summed E-state index contributed by atoms with van der Waals surface area (Å²) in [5, 5.41) is 12.9. The first-order valence-corrected chi connectivity index (χ1v) is 10.2. The molecule has 0 saturated carbocycles. The van der Waals surface area contributed by atoms with Crippen LogP contribution in [-0.2, 0) is 11.3 Å². The van der Waals surface area contributed by atoms with Crippen molar-refractivity contribution in [2.45, 2.75) is 32.0 Å². The van der Waals surface area contributed by atoms with E-state index in [2.05, 4.69) is 55.5 Å². The van der Waals surface area contributed by atoms with Crippen molar-refractivity contribution in [3.05, 3.63) is 6.20 Å². The number of hydrogen-bond donors (Lipinski definition) is 2. The zero-order valence-corrected chi connectivity index (χ0v) is 16.6. The van der Waals surface area contributed by atoms with Gasteiger partial charge in [-0.05, 0) is 12.2 Å². The van der Waals surface area contributed by atoms with Crippen molar-refractivity contribution in [1.29, 1.82) is 0 Å². The van der Waals surface area contributed by atoms with Gasteiger partial charge in [0.15, 0.2) is 10.8 Å². The Balaban J connectivity index is 2.16. The maximum atomic E-state index is 11.5. The standard InChI is InChI=1S/C15H23BrN6OS/c1-10(2)8-18-13-11-9-19-22(7-6-17-12(23)4-5-16)14(11)21-15(20-13)24-3/h9-10H,4-8H2,1-3H3,(H,17,23)(H,18,20,21). The molecular formula is C15H23BrN6OS. The van der Waals surface area contributed by atoms with E-state index >= 15 is 0 Å². The van der Waals surface area contributed by atoms with Gasteiger partial charge >= 0.3 is 0 Å². The molecule has 0 atom stereocenters. The highest BCUT2D eigenvalue weighted by Gasteiger charge is 2.13. The van der Waals surface area contributed by atoms with Gasteiger partial charge in [0.2, 0.25) is 5.91 Å². The van der Waals surface area contributed by atoms with Crippen LogP contribution in [0.25, 0.3) is 11.0 Å². The highest BCUT2D eigenvalue weighted by Crippen LogP contribution is 2.23. The highest BCUT2D eigenvalue weighted by molar-refractivity contribution is 9.09. The van der Waals surface area contributed by atoms with Crippen molar-refractivity contribution in [3.63, 3.8) is 0 Å². The zero-order chi connectivity index (χ0) is 17.5. The molecule has 132 valence electrons. The molecule has 0 spiro atoms. The SMILES string of the molecule is CSc1nc(NCC(C)C)c2cnn(CCNC(=O)CCBr)c2n1. The number of nitrogens with zero attached hydrogens (tertiary/aromatic N) is 4. The minimum atomic E-state index is 0.0297. The van der Waals surface area contributed by atoms with E-state index in [9.17, 15) is 4.79 Å². The average Bonchev–Trinajstić information content (AvgIpc) is 2.96. The molecule has 7 nitrogen and oxygen atoms in total. The predicted octanol–water partition coefficient (Wildman–Crippen LogP) is 2.52. The monoisotopic (exact) mass is 414 g/mol.